The molecule has 4 nitrogen and oxygen atoms in total. The molecule has 1 aromatic heterocycles. The molecule has 0 amide bonds. The quantitative estimate of drug-likeness (QED) is 0.478. The Morgan fingerprint density at radius 1 is 1.04 bits per heavy atom. The van der Waals surface area contributed by atoms with Crippen LogP contribution in [0.15, 0.2) is 36.5 Å². The number of nitriles is 1. The third kappa shape index (κ3) is 5.60. The highest BCUT2D eigenvalue weighted by Gasteiger charge is 2.30. The van der Waals surface area contributed by atoms with E-state index in [2.05, 4.69) is 14.5 Å². The molecule has 0 aliphatic carbocycles. The number of pyridine rings is 1. The van der Waals surface area contributed by atoms with Crippen LogP contribution in [0, 0.1) is 11.3 Å². The van der Waals surface area contributed by atoms with Gasteiger partial charge >= 0.3 is 19.4 Å². The Morgan fingerprint density at radius 2 is 1.71 bits per heavy atom. The van der Waals surface area contributed by atoms with Crippen molar-refractivity contribution in [1.82, 2.24) is 4.98 Å². The van der Waals surface area contributed by atoms with Crippen molar-refractivity contribution in [1.29, 1.82) is 5.26 Å². The third-order valence-corrected chi connectivity index (χ3v) is 3.21. The molecule has 0 saturated carbocycles. The van der Waals surface area contributed by atoms with E-state index >= 15 is 0 Å². The molecule has 2 rings (SSSR count). The van der Waals surface area contributed by atoms with Crippen LogP contribution in [-0.4, -0.2) is 18.2 Å². The molecule has 1 aromatic carbocycles. The molecular weight excluding hydrogens is 397 g/mol. The summed E-state index contributed by atoms with van der Waals surface area (Å²) in [6, 6.07) is 6.15. The topological polar surface area (TPSA) is 55.1 Å². The van der Waals surface area contributed by atoms with Crippen molar-refractivity contribution in [3.05, 3.63) is 53.3 Å². The fourth-order valence-corrected chi connectivity index (χ4v) is 2.05. The summed E-state index contributed by atoms with van der Waals surface area (Å²) < 4.78 is 95.7. The van der Waals surface area contributed by atoms with Crippen molar-refractivity contribution in [2.75, 3.05) is 0 Å². The van der Waals surface area contributed by atoms with E-state index in [1.807, 2.05) is 0 Å². The number of rotatable bonds is 6. The molecule has 2 aromatic rings. The van der Waals surface area contributed by atoms with Crippen LogP contribution < -0.4 is 9.47 Å². The van der Waals surface area contributed by atoms with E-state index in [1.54, 1.807) is 6.07 Å². The van der Waals surface area contributed by atoms with Crippen molar-refractivity contribution >= 4 is 11.6 Å². The molecule has 0 atom stereocenters. The molecular formula is C17H9F7N2O2. The number of benzene rings is 1. The van der Waals surface area contributed by atoms with Gasteiger partial charge in [-0.15, -0.1) is 0 Å². The molecule has 0 spiro atoms. The lowest BCUT2D eigenvalue weighted by atomic mass is 10.1. The normalized spacial score (nSPS) is 12.2. The number of nitrogens with zero attached hydrogens (tertiary/aromatic N) is 2. The minimum absolute atomic E-state index is 0.125. The van der Waals surface area contributed by atoms with Crippen molar-refractivity contribution < 1.29 is 40.2 Å². The number of hydrogen-bond donors (Lipinski definition) is 0. The average Bonchev–Trinajstić information content (AvgIpc) is 2.59. The van der Waals surface area contributed by atoms with Gasteiger partial charge in [-0.3, -0.25) is 4.98 Å². The molecule has 0 radical (unpaired) electrons. The van der Waals surface area contributed by atoms with Gasteiger partial charge < -0.3 is 9.47 Å². The highest BCUT2D eigenvalue weighted by Crippen LogP contribution is 2.32. The van der Waals surface area contributed by atoms with Gasteiger partial charge in [-0.1, -0.05) is 0 Å². The molecule has 11 heteroatoms. The van der Waals surface area contributed by atoms with Gasteiger partial charge in [0.2, 0.25) is 0 Å². The predicted molar refractivity (Wildman–Crippen MR) is 82.4 cm³/mol. The highest BCUT2D eigenvalue weighted by molar-refractivity contribution is 5.89. The lowest BCUT2D eigenvalue weighted by Gasteiger charge is -2.11. The van der Waals surface area contributed by atoms with Crippen LogP contribution >= 0.6 is 0 Å². The van der Waals surface area contributed by atoms with Gasteiger partial charge in [0.1, 0.15) is 17.6 Å². The van der Waals surface area contributed by atoms with Gasteiger partial charge in [-0.2, -0.15) is 36.0 Å². The largest absolute Gasteiger partial charge is 0.435 e. The second-order valence-electron chi connectivity index (χ2n) is 5.06. The standard InChI is InChI=1S/C17H9F7N2O2/c18-15(19)27-12-3-1-9(14(6-12)28-16(20)21)5-10(7-25)13-4-2-11(8-26-13)17(22,23)24/h1-6,8,15-16H/b10-5+. The smallest absolute Gasteiger partial charge is 0.417 e. The van der Waals surface area contributed by atoms with Gasteiger partial charge in [0.05, 0.1) is 16.8 Å². The summed E-state index contributed by atoms with van der Waals surface area (Å²) in [7, 11) is 0. The third-order valence-electron chi connectivity index (χ3n) is 3.21. The van der Waals surface area contributed by atoms with Gasteiger partial charge in [0.25, 0.3) is 0 Å². The average molecular weight is 406 g/mol. The summed E-state index contributed by atoms with van der Waals surface area (Å²) >= 11 is 0. The Morgan fingerprint density at radius 3 is 2.21 bits per heavy atom. The fraction of sp³-hybridized carbons (Fsp3) is 0.176. The van der Waals surface area contributed by atoms with E-state index in [1.165, 1.54) is 0 Å². The van der Waals surface area contributed by atoms with Crippen molar-refractivity contribution in [3.63, 3.8) is 0 Å². The minimum Gasteiger partial charge on any atom is -0.435 e. The maximum atomic E-state index is 12.6. The Hall–Kier alpha value is -3.29. The predicted octanol–water partition coefficient (Wildman–Crippen LogP) is 5.37. The van der Waals surface area contributed by atoms with E-state index in [0.29, 0.717) is 12.3 Å². The second-order valence-corrected chi connectivity index (χ2v) is 5.06. The van der Waals surface area contributed by atoms with E-state index < -0.39 is 36.5 Å². The molecule has 0 aliphatic heterocycles. The molecule has 1 heterocycles. The zero-order valence-electron chi connectivity index (χ0n) is 13.6. The lowest BCUT2D eigenvalue weighted by Crippen LogP contribution is -2.06. The Labute approximate surface area is 153 Å². The Balaban J connectivity index is 2.43. The lowest BCUT2D eigenvalue weighted by molar-refractivity contribution is -0.137. The summed E-state index contributed by atoms with van der Waals surface area (Å²) in [5.74, 6) is -1.04. The first kappa shape index (κ1) is 21.0. The van der Waals surface area contributed by atoms with E-state index in [0.717, 1.165) is 30.3 Å². The van der Waals surface area contributed by atoms with Crippen LogP contribution in [0.5, 0.6) is 11.5 Å². The summed E-state index contributed by atoms with van der Waals surface area (Å²) in [4.78, 5) is 3.54. The van der Waals surface area contributed by atoms with E-state index in [4.69, 9.17) is 0 Å². The molecule has 0 aliphatic rings. The van der Waals surface area contributed by atoms with Gasteiger partial charge in [-0.25, -0.2) is 0 Å². The SMILES string of the molecule is N#C/C(=C\c1ccc(OC(F)F)cc1OC(F)F)c1ccc(C(F)(F)F)cn1. The molecule has 0 fully saturated rings. The van der Waals surface area contributed by atoms with Gasteiger partial charge in [0, 0.05) is 17.8 Å². The molecule has 0 bridgehead atoms. The molecule has 148 valence electrons. The van der Waals surface area contributed by atoms with Crippen molar-refractivity contribution in [2.24, 2.45) is 0 Å². The Kier molecular flexibility index (Phi) is 6.45. The van der Waals surface area contributed by atoms with Crippen LogP contribution in [0.2, 0.25) is 0 Å². The number of allylic oxidation sites excluding steroid dienone is 1. The zero-order valence-corrected chi connectivity index (χ0v) is 13.6. The number of aromatic nitrogens is 1. The summed E-state index contributed by atoms with van der Waals surface area (Å²) in [5.41, 5.74) is -1.59. The van der Waals surface area contributed by atoms with Crippen LogP contribution in [0.25, 0.3) is 11.6 Å². The first-order valence-corrected chi connectivity index (χ1v) is 7.29. The number of alkyl halides is 7. The van der Waals surface area contributed by atoms with Crippen molar-refractivity contribution in [3.8, 4) is 17.6 Å². The number of halogens is 7. The maximum absolute atomic E-state index is 12.6. The van der Waals surface area contributed by atoms with E-state index in [-0.39, 0.29) is 16.8 Å². The number of ether oxygens (including phenoxy) is 2. The minimum atomic E-state index is -4.62. The van der Waals surface area contributed by atoms with E-state index in [9.17, 15) is 36.0 Å². The molecule has 0 unspecified atom stereocenters. The van der Waals surface area contributed by atoms with Crippen molar-refractivity contribution in [2.45, 2.75) is 19.4 Å². The van der Waals surface area contributed by atoms with Crippen LogP contribution in [0.4, 0.5) is 30.7 Å². The van der Waals surface area contributed by atoms with Gasteiger partial charge in [0.15, 0.2) is 0 Å². The highest BCUT2D eigenvalue weighted by atomic mass is 19.4. The summed E-state index contributed by atoms with van der Waals surface area (Å²) in [6.45, 7) is -6.50. The first-order chi connectivity index (χ1) is 13.1. The van der Waals surface area contributed by atoms with Gasteiger partial charge in [-0.05, 0) is 30.3 Å². The monoisotopic (exact) mass is 406 g/mol. The molecule has 0 N–H and O–H groups in total. The maximum Gasteiger partial charge on any atom is 0.417 e. The Bertz CT molecular complexity index is 888. The summed E-state index contributed by atoms with van der Waals surface area (Å²) in [6.07, 6.45) is -3.10. The fourth-order valence-electron chi connectivity index (χ4n) is 2.05. The molecule has 0 saturated heterocycles. The zero-order chi connectivity index (χ0) is 20.9. The van der Waals surface area contributed by atoms with Crippen LogP contribution in [-0.2, 0) is 6.18 Å². The first-order valence-electron chi connectivity index (χ1n) is 7.29. The van der Waals surface area contributed by atoms with Crippen LogP contribution in [0.3, 0.4) is 0 Å². The number of hydrogen-bond acceptors (Lipinski definition) is 4. The second kappa shape index (κ2) is 8.60. The molecule has 28 heavy (non-hydrogen) atoms. The van der Waals surface area contributed by atoms with Crippen LogP contribution in [0.1, 0.15) is 16.8 Å². The summed E-state index contributed by atoms with van der Waals surface area (Å²) in [5, 5.41) is 9.22.